The third-order valence-electron chi connectivity index (χ3n) is 4.59. The number of nitrogens with zero attached hydrogens (tertiary/aromatic N) is 4. The Bertz CT molecular complexity index is 841. The van der Waals surface area contributed by atoms with E-state index in [1.54, 1.807) is 6.33 Å². The van der Waals surface area contributed by atoms with Crippen molar-refractivity contribution in [3.8, 4) is 0 Å². The Morgan fingerprint density at radius 1 is 1.43 bits per heavy atom. The van der Waals surface area contributed by atoms with Crippen molar-refractivity contribution < 1.29 is 5.11 Å². The first-order valence-electron chi connectivity index (χ1n) is 9.36. The standard InChI is InChI=1S/C20H29ClN6O/c1-6-16(11-28)24-20(22)25-19(18-14(4)27(12-23-18)13(2)3)26(5)17-9-7-8-15(21)10-17/h7-10,12-13,16,28H,6,11H2,1-5H3,(H2,22,24)/b25-19+/t16-/m1/s1. The monoisotopic (exact) mass is 404 g/mol. The molecule has 0 bridgehead atoms. The molecule has 152 valence electrons. The Morgan fingerprint density at radius 3 is 2.68 bits per heavy atom. The Kier molecular flexibility index (Phi) is 7.60. The molecule has 7 nitrogen and oxygen atoms in total. The number of nitrogens with one attached hydrogen (secondary N) is 2. The molecule has 0 unspecified atom stereocenters. The van der Waals surface area contributed by atoms with Crippen LogP contribution in [0.4, 0.5) is 5.69 Å². The highest BCUT2D eigenvalue weighted by atomic mass is 35.5. The largest absolute Gasteiger partial charge is 0.394 e. The van der Waals surface area contributed by atoms with Gasteiger partial charge in [0.2, 0.25) is 5.96 Å². The number of hydrogen-bond donors (Lipinski definition) is 3. The van der Waals surface area contributed by atoms with Gasteiger partial charge in [0.1, 0.15) is 5.69 Å². The molecule has 3 N–H and O–H groups in total. The number of aliphatic hydroxyl groups is 1. The van der Waals surface area contributed by atoms with Gasteiger partial charge in [0.15, 0.2) is 5.84 Å². The fourth-order valence-electron chi connectivity index (χ4n) is 2.86. The van der Waals surface area contributed by atoms with Crippen LogP contribution in [0.15, 0.2) is 35.6 Å². The predicted molar refractivity (Wildman–Crippen MR) is 116 cm³/mol. The lowest BCUT2D eigenvalue weighted by atomic mass is 10.2. The molecule has 1 heterocycles. The number of imidazole rings is 1. The van der Waals surface area contributed by atoms with E-state index in [1.165, 1.54) is 0 Å². The zero-order valence-electron chi connectivity index (χ0n) is 17.1. The summed E-state index contributed by atoms with van der Waals surface area (Å²) in [5.74, 6) is 0.507. The number of anilines is 1. The normalized spacial score (nSPS) is 12.9. The van der Waals surface area contributed by atoms with Gasteiger partial charge in [-0.3, -0.25) is 5.41 Å². The van der Waals surface area contributed by atoms with Crippen LogP contribution in [0.2, 0.25) is 5.02 Å². The zero-order valence-corrected chi connectivity index (χ0v) is 17.8. The molecule has 0 aliphatic rings. The maximum atomic E-state index is 9.40. The molecule has 1 atom stereocenters. The maximum absolute atomic E-state index is 9.40. The van der Waals surface area contributed by atoms with Crippen LogP contribution in [0, 0.1) is 12.3 Å². The van der Waals surface area contributed by atoms with Crippen LogP contribution < -0.4 is 10.2 Å². The summed E-state index contributed by atoms with van der Waals surface area (Å²) < 4.78 is 2.07. The number of aliphatic imine (C=N–C) groups is 1. The van der Waals surface area contributed by atoms with Crippen LogP contribution >= 0.6 is 11.6 Å². The van der Waals surface area contributed by atoms with Gasteiger partial charge in [0, 0.05) is 29.5 Å². The molecule has 0 radical (unpaired) electrons. The fraction of sp³-hybridized carbons (Fsp3) is 0.450. The van der Waals surface area contributed by atoms with Crippen LogP contribution in [-0.4, -0.2) is 46.1 Å². The van der Waals surface area contributed by atoms with Crippen molar-refractivity contribution >= 4 is 29.1 Å². The SMILES string of the molecule is CC[C@H](CO)NC(=N)/N=C(\c1ncn(C(C)C)c1C)N(C)c1cccc(Cl)c1. The topological polar surface area (TPSA) is 89.5 Å². The van der Waals surface area contributed by atoms with Crippen LogP contribution in [0.25, 0.3) is 0 Å². The molecule has 0 saturated carbocycles. The highest BCUT2D eigenvalue weighted by Crippen LogP contribution is 2.22. The first kappa shape index (κ1) is 21.9. The van der Waals surface area contributed by atoms with E-state index in [0.29, 0.717) is 23.0 Å². The molecule has 1 aromatic heterocycles. The fourth-order valence-corrected chi connectivity index (χ4v) is 3.05. The van der Waals surface area contributed by atoms with Gasteiger partial charge in [-0.15, -0.1) is 0 Å². The summed E-state index contributed by atoms with van der Waals surface area (Å²) in [5, 5.41) is 21.2. The molecular weight excluding hydrogens is 376 g/mol. The van der Waals surface area contributed by atoms with Crippen LogP contribution in [-0.2, 0) is 0 Å². The van der Waals surface area contributed by atoms with E-state index in [9.17, 15) is 5.11 Å². The lowest BCUT2D eigenvalue weighted by molar-refractivity contribution is 0.252. The molecule has 0 spiro atoms. The molecule has 2 rings (SSSR count). The van der Waals surface area contributed by atoms with Gasteiger partial charge >= 0.3 is 0 Å². The van der Waals surface area contributed by atoms with Crippen LogP contribution in [0.5, 0.6) is 0 Å². The molecule has 0 aliphatic heterocycles. The second-order valence-corrected chi connectivity index (χ2v) is 7.37. The summed E-state index contributed by atoms with van der Waals surface area (Å²) in [6, 6.07) is 7.49. The van der Waals surface area contributed by atoms with Gasteiger partial charge in [0.25, 0.3) is 0 Å². The van der Waals surface area contributed by atoms with Gasteiger partial charge in [-0.1, -0.05) is 24.6 Å². The molecule has 2 aromatic rings. The number of aliphatic hydroxyl groups excluding tert-OH is 1. The summed E-state index contributed by atoms with van der Waals surface area (Å²) in [6.07, 6.45) is 2.48. The average molecular weight is 405 g/mol. The summed E-state index contributed by atoms with van der Waals surface area (Å²) in [4.78, 5) is 10.9. The minimum Gasteiger partial charge on any atom is -0.394 e. The first-order chi connectivity index (χ1) is 13.3. The minimum absolute atomic E-state index is 0.0247. The third-order valence-corrected chi connectivity index (χ3v) is 4.83. The molecule has 0 aliphatic carbocycles. The molecule has 1 aromatic carbocycles. The molecule has 28 heavy (non-hydrogen) atoms. The Hall–Kier alpha value is -2.38. The number of guanidine groups is 1. The number of rotatable bonds is 6. The number of halogens is 1. The van der Waals surface area contributed by atoms with E-state index < -0.39 is 0 Å². The average Bonchev–Trinajstić information content (AvgIpc) is 3.05. The molecule has 0 fully saturated rings. The molecule has 8 heteroatoms. The van der Waals surface area contributed by atoms with Crippen molar-refractivity contribution in [3.05, 3.63) is 47.0 Å². The zero-order chi connectivity index (χ0) is 20.8. The van der Waals surface area contributed by atoms with Crippen molar-refractivity contribution in [1.82, 2.24) is 14.9 Å². The van der Waals surface area contributed by atoms with Gasteiger partial charge in [-0.25, -0.2) is 4.98 Å². The van der Waals surface area contributed by atoms with Crippen LogP contribution in [0.1, 0.15) is 44.6 Å². The van der Waals surface area contributed by atoms with Gasteiger partial charge in [0.05, 0.1) is 19.0 Å². The first-order valence-corrected chi connectivity index (χ1v) is 9.73. The Balaban J connectivity index is 2.49. The van der Waals surface area contributed by atoms with Crippen molar-refractivity contribution in [2.45, 2.75) is 46.2 Å². The Morgan fingerprint density at radius 2 is 2.14 bits per heavy atom. The number of aromatic nitrogens is 2. The van der Waals surface area contributed by atoms with E-state index >= 15 is 0 Å². The third kappa shape index (κ3) is 5.11. The van der Waals surface area contributed by atoms with Gasteiger partial charge < -0.3 is 19.9 Å². The second kappa shape index (κ2) is 9.71. The van der Waals surface area contributed by atoms with E-state index in [2.05, 4.69) is 33.7 Å². The number of hydrogen-bond acceptors (Lipinski definition) is 3. The van der Waals surface area contributed by atoms with Gasteiger partial charge in [-0.05, 0) is 45.4 Å². The quantitative estimate of drug-likeness (QED) is 0.506. The molecular formula is C20H29ClN6O. The summed E-state index contributed by atoms with van der Waals surface area (Å²) in [7, 11) is 1.87. The highest BCUT2D eigenvalue weighted by molar-refractivity contribution is 6.31. The summed E-state index contributed by atoms with van der Waals surface area (Å²) >= 11 is 6.16. The predicted octanol–water partition coefficient (Wildman–Crippen LogP) is 3.60. The lowest BCUT2D eigenvalue weighted by Gasteiger charge is -2.22. The lowest BCUT2D eigenvalue weighted by Crippen LogP contribution is -2.38. The molecule has 0 amide bonds. The van der Waals surface area contributed by atoms with Crippen molar-refractivity contribution in [2.24, 2.45) is 4.99 Å². The Labute approximate surface area is 171 Å². The molecule has 0 saturated heterocycles. The smallest absolute Gasteiger partial charge is 0.217 e. The van der Waals surface area contributed by atoms with Crippen molar-refractivity contribution in [3.63, 3.8) is 0 Å². The maximum Gasteiger partial charge on any atom is 0.217 e. The summed E-state index contributed by atoms with van der Waals surface area (Å²) in [6.45, 7) is 8.05. The van der Waals surface area contributed by atoms with Crippen LogP contribution in [0.3, 0.4) is 0 Å². The van der Waals surface area contributed by atoms with E-state index in [0.717, 1.165) is 11.4 Å². The van der Waals surface area contributed by atoms with E-state index in [1.807, 2.05) is 50.1 Å². The van der Waals surface area contributed by atoms with Crippen molar-refractivity contribution in [1.29, 1.82) is 5.41 Å². The van der Waals surface area contributed by atoms with Gasteiger partial charge in [-0.2, -0.15) is 4.99 Å². The number of benzene rings is 1. The van der Waals surface area contributed by atoms with E-state index in [-0.39, 0.29) is 24.7 Å². The van der Waals surface area contributed by atoms with Crippen molar-refractivity contribution in [2.75, 3.05) is 18.6 Å². The number of amidine groups is 1. The highest BCUT2D eigenvalue weighted by Gasteiger charge is 2.20. The minimum atomic E-state index is -0.219. The summed E-state index contributed by atoms with van der Waals surface area (Å²) in [5.41, 5.74) is 2.50. The second-order valence-electron chi connectivity index (χ2n) is 6.93. The van der Waals surface area contributed by atoms with E-state index in [4.69, 9.17) is 17.0 Å².